The predicted octanol–water partition coefficient (Wildman–Crippen LogP) is 4.93. The molecule has 3 rings (SSSR count). The summed E-state index contributed by atoms with van der Waals surface area (Å²) in [4.78, 5) is 22.7. The second-order valence-corrected chi connectivity index (χ2v) is 10.2. The van der Waals surface area contributed by atoms with Gasteiger partial charge in [0.05, 0.1) is 40.4 Å². The van der Waals surface area contributed by atoms with Crippen molar-refractivity contribution in [3.05, 3.63) is 42.0 Å². The fourth-order valence-electron chi connectivity index (χ4n) is 4.62. The third kappa shape index (κ3) is 5.11. The first-order chi connectivity index (χ1) is 15.9. The van der Waals surface area contributed by atoms with Crippen molar-refractivity contribution in [2.45, 2.75) is 66.0 Å². The fraction of sp³-hybridized carbons (Fsp3) is 0.480. The zero-order chi connectivity index (χ0) is 25.3. The molecule has 0 radical (unpaired) electrons. The van der Waals surface area contributed by atoms with Crippen LogP contribution in [-0.2, 0) is 0 Å². The standard InChI is InChI=1S/C25H32N6O3/c1-16(2)10-25(7,31(23(32)33)24(4,5)6)15-34-21-9-8-20(29-17(21)3)19-13-28-30-14-18(11-26)12-27-22(19)30/h8-9,12-14,16H,10,15H2,1-7H3,(H,32,33). The number of aryl methyl sites for hydroxylation is 1. The van der Waals surface area contributed by atoms with Gasteiger partial charge in [-0.2, -0.15) is 10.4 Å². The highest BCUT2D eigenvalue weighted by atomic mass is 16.5. The van der Waals surface area contributed by atoms with Crippen LogP contribution in [0.4, 0.5) is 4.79 Å². The van der Waals surface area contributed by atoms with E-state index in [0.717, 1.165) is 5.56 Å². The summed E-state index contributed by atoms with van der Waals surface area (Å²) in [5.41, 5.74) is 1.82. The number of ether oxygens (including phenoxy) is 1. The molecule has 0 saturated heterocycles. The van der Waals surface area contributed by atoms with Gasteiger partial charge in [0.25, 0.3) is 0 Å². The average molecular weight is 465 g/mol. The minimum absolute atomic E-state index is 0.200. The number of carbonyl (C=O) groups is 1. The van der Waals surface area contributed by atoms with Crippen LogP contribution in [0.5, 0.6) is 5.75 Å². The van der Waals surface area contributed by atoms with Crippen LogP contribution in [0.15, 0.2) is 30.7 Å². The van der Waals surface area contributed by atoms with E-state index in [-0.39, 0.29) is 12.5 Å². The van der Waals surface area contributed by atoms with E-state index in [0.29, 0.717) is 34.8 Å². The predicted molar refractivity (Wildman–Crippen MR) is 129 cm³/mol. The molecule has 180 valence electrons. The zero-order valence-corrected chi connectivity index (χ0v) is 20.8. The molecule has 0 aliphatic heterocycles. The Hall–Kier alpha value is -3.67. The number of nitrogens with zero attached hydrogens (tertiary/aromatic N) is 6. The molecule has 0 bridgehead atoms. The highest BCUT2D eigenvalue weighted by Gasteiger charge is 2.43. The first-order valence-corrected chi connectivity index (χ1v) is 11.2. The summed E-state index contributed by atoms with van der Waals surface area (Å²) in [6, 6.07) is 5.72. The van der Waals surface area contributed by atoms with Gasteiger partial charge >= 0.3 is 6.09 Å². The van der Waals surface area contributed by atoms with E-state index in [9.17, 15) is 9.90 Å². The summed E-state index contributed by atoms with van der Waals surface area (Å²) >= 11 is 0. The van der Waals surface area contributed by atoms with Gasteiger partial charge in [0, 0.05) is 11.7 Å². The van der Waals surface area contributed by atoms with E-state index in [1.54, 1.807) is 16.9 Å². The number of hydrogen-bond acceptors (Lipinski definition) is 6. The molecule has 1 atom stereocenters. The Morgan fingerprint density at radius 3 is 2.53 bits per heavy atom. The molecule has 3 aromatic rings. The van der Waals surface area contributed by atoms with Gasteiger partial charge in [-0.3, -0.25) is 4.90 Å². The number of pyridine rings is 1. The van der Waals surface area contributed by atoms with Crippen LogP contribution in [0, 0.1) is 24.2 Å². The molecule has 1 N–H and O–H groups in total. The van der Waals surface area contributed by atoms with Crippen LogP contribution < -0.4 is 4.74 Å². The van der Waals surface area contributed by atoms with Gasteiger partial charge in [-0.05, 0) is 59.1 Å². The van der Waals surface area contributed by atoms with Crippen LogP contribution in [-0.4, -0.2) is 53.4 Å². The first kappa shape index (κ1) is 25.0. The molecule has 9 heteroatoms. The van der Waals surface area contributed by atoms with E-state index < -0.39 is 17.2 Å². The van der Waals surface area contributed by atoms with Crippen LogP contribution >= 0.6 is 0 Å². The maximum atomic E-state index is 12.2. The number of rotatable bonds is 7. The van der Waals surface area contributed by atoms with Gasteiger partial charge in [-0.1, -0.05) is 13.8 Å². The normalized spacial score (nSPS) is 13.5. The third-order valence-corrected chi connectivity index (χ3v) is 5.59. The highest BCUT2D eigenvalue weighted by molar-refractivity contribution is 5.74. The Morgan fingerprint density at radius 2 is 1.97 bits per heavy atom. The topological polar surface area (TPSA) is 117 Å². The highest BCUT2D eigenvalue weighted by Crippen LogP contribution is 2.33. The van der Waals surface area contributed by atoms with E-state index >= 15 is 0 Å². The van der Waals surface area contributed by atoms with Crippen molar-refractivity contribution in [2.24, 2.45) is 5.92 Å². The summed E-state index contributed by atoms with van der Waals surface area (Å²) in [7, 11) is 0. The first-order valence-electron chi connectivity index (χ1n) is 11.2. The van der Waals surface area contributed by atoms with Crippen molar-refractivity contribution < 1.29 is 14.6 Å². The number of hydrogen-bond donors (Lipinski definition) is 1. The van der Waals surface area contributed by atoms with Crippen LogP contribution in [0.25, 0.3) is 16.9 Å². The molecule has 0 aromatic carbocycles. The lowest BCUT2D eigenvalue weighted by Gasteiger charge is -2.47. The summed E-state index contributed by atoms with van der Waals surface area (Å²) in [5.74, 6) is 0.873. The largest absolute Gasteiger partial charge is 0.489 e. The summed E-state index contributed by atoms with van der Waals surface area (Å²) in [6.07, 6.45) is 4.47. The second-order valence-electron chi connectivity index (χ2n) is 10.2. The van der Waals surface area contributed by atoms with Crippen LogP contribution in [0.2, 0.25) is 0 Å². The molecule has 3 heterocycles. The molecule has 34 heavy (non-hydrogen) atoms. The Kier molecular flexibility index (Phi) is 6.82. The number of aromatic nitrogens is 4. The summed E-state index contributed by atoms with van der Waals surface area (Å²) in [5, 5.41) is 23.3. The zero-order valence-electron chi connectivity index (χ0n) is 20.8. The molecule has 3 aromatic heterocycles. The van der Waals surface area contributed by atoms with E-state index in [2.05, 4.69) is 35.0 Å². The Morgan fingerprint density at radius 1 is 1.26 bits per heavy atom. The van der Waals surface area contributed by atoms with Crippen molar-refractivity contribution >= 4 is 11.7 Å². The van der Waals surface area contributed by atoms with Crippen molar-refractivity contribution in [3.8, 4) is 23.1 Å². The Balaban J connectivity index is 1.89. The molecule has 0 spiro atoms. The Bertz CT molecular complexity index is 1240. The summed E-state index contributed by atoms with van der Waals surface area (Å²) in [6.45, 7) is 13.8. The lowest BCUT2D eigenvalue weighted by atomic mass is 9.86. The van der Waals surface area contributed by atoms with Gasteiger partial charge in [-0.25, -0.2) is 19.3 Å². The van der Waals surface area contributed by atoms with Crippen molar-refractivity contribution in [2.75, 3.05) is 6.61 Å². The molecular formula is C25H32N6O3. The Labute approximate surface area is 200 Å². The number of fused-ring (bicyclic) bond motifs is 1. The van der Waals surface area contributed by atoms with E-state index in [1.165, 1.54) is 11.1 Å². The molecule has 0 fully saturated rings. The van der Waals surface area contributed by atoms with Gasteiger partial charge in [0.1, 0.15) is 18.4 Å². The molecule has 1 unspecified atom stereocenters. The maximum Gasteiger partial charge on any atom is 0.408 e. The van der Waals surface area contributed by atoms with Gasteiger partial charge in [0.2, 0.25) is 0 Å². The lowest BCUT2D eigenvalue weighted by molar-refractivity contribution is -0.0110. The number of nitriles is 1. The molecule has 9 nitrogen and oxygen atoms in total. The third-order valence-electron chi connectivity index (χ3n) is 5.59. The monoisotopic (exact) mass is 464 g/mol. The minimum atomic E-state index is -0.968. The maximum absolute atomic E-state index is 12.2. The quantitative estimate of drug-likeness (QED) is 0.527. The van der Waals surface area contributed by atoms with E-state index in [1.807, 2.05) is 46.8 Å². The van der Waals surface area contributed by atoms with Gasteiger partial charge in [-0.15, -0.1) is 0 Å². The number of carboxylic acid groups (broad SMARTS) is 1. The minimum Gasteiger partial charge on any atom is -0.489 e. The second kappa shape index (κ2) is 9.29. The molecule has 1 amide bonds. The van der Waals surface area contributed by atoms with Crippen molar-refractivity contribution in [3.63, 3.8) is 0 Å². The van der Waals surface area contributed by atoms with Crippen molar-refractivity contribution in [1.82, 2.24) is 24.5 Å². The van der Waals surface area contributed by atoms with Gasteiger partial charge < -0.3 is 9.84 Å². The molecule has 0 saturated carbocycles. The fourth-order valence-corrected chi connectivity index (χ4v) is 4.62. The smallest absolute Gasteiger partial charge is 0.408 e. The lowest BCUT2D eigenvalue weighted by Crippen LogP contribution is -2.61. The SMILES string of the molecule is Cc1nc(-c2cnn3cc(C#N)cnc23)ccc1OCC(C)(CC(C)C)N(C(=O)O)C(C)(C)C. The van der Waals surface area contributed by atoms with Crippen molar-refractivity contribution in [1.29, 1.82) is 5.26 Å². The van der Waals surface area contributed by atoms with E-state index in [4.69, 9.17) is 10.00 Å². The van der Waals surface area contributed by atoms with Gasteiger partial charge in [0.15, 0.2) is 5.65 Å². The number of amides is 1. The molecule has 0 aliphatic rings. The summed E-state index contributed by atoms with van der Waals surface area (Å²) < 4.78 is 7.73. The van der Waals surface area contributed by atoms with Crippen LogP contribution in [0.1, 0.15) is 59.2 Å². The molecule has 0 aliphatic carbocycles. The molecular weight excluding hydrogens is 432 g/mol. The van der Waals surface area contributed by atoms with Crippen LogP contribution in [0.3, 0.4) is 0 Å². The average Bonchev–Trinajstić information content (AvgIpc) is 3.13.